The van der Waals surface area contributed by atoms with E-state index in [0.717, 1.165) is 0 Å². The molecule has 3 N–H and O–H groups in total. The lowest BCUT2D eigenvalue weighted by Crippen LogP contribution is -2.41. The first kappa shape index (κ1) is 12.7. The second-order valence-electron chi connectivity index (χ2n) is 3.27. The van der Waals surface area contributed by atoms with E-state index in [-0.39, 0.29) is 18.5 Å². The lowest BCUT2D eigenvalue weighted by molar-refractivity contribution is -0.138. The number of hydrogen-bond donors (Lipinski definition) is 3. The Morgan fingerprint density at radius 2 is 2.06 bits per heavy atom. The highest BCUT2D eigenvalue weighted by Gasteiger charge is 2.10. The van der Waals surface area contributed by atoms with E-state index in [2.05, 4.69) is 16.0 Å². The number of carboxylic acids is 1. The van der Waals surface area contributed by atoms with Gasteiger partial charge in [0.1, 0.15) is 0 Å². The van der Waals surface area contributed by atoms with Gasteiger partial charge in [0.15, 0.2) is 5.69 Å². The van der Waals surface area contributed by atoms with Gasteiger partial charge in [0.05, 0.1) is 6.42 Å². The summed E-state index contributed by atoms with van der Waals surface area (Å²) in [5.74, 6) is -2.21. The van der Waals surface area contributed by atoms with Crippen molar-refractivity contribution in [2.24, 2.45) is 7.05 Å². The van der Waals surface area contributed by atoms with Crippen LogP contribution in [0.2, 0.25) is 0 Å². The van der Waals surface area contributed by atoms with Crippen molar-refractivity contribution in [1.82, 2.24) is 20.6 Å². The average molecular weight is 240 g/mol. The van der Waals surface area contributed by atoms with Crippen LogP contribution >= 0.6 is 0 Å². The summed E-state index contributed by atoms with van der Waals surface area (Å²) in [5.41, 5.74) is 4.38. The Kier molecular flexibility index (Phi) is 4.21. The number of hydrogen-bond acceptors (Lipinski definition) is 4. The zero-order valence-corrected chi connectivity index (χ0v) is 9.14. The topological polar surface area (TPSA) is 113 Å². The molecule has 0 spiro atoms. The van der Waals surface area contributed by atoms with Gasteiger partial charge < -0.3 is 5.11 Å². The minimum absolute atomic E-state index is 0.158. The largest absolute Gasteiger partial charge is 0.481 e. The highest BCUT2D eigenvalue weighted by molar-refractivity contribution is 5.93. The maximum Gasteiger partial charge on any atom is 0.303 e. The second kappa shape index (κ2) is 5.64. The molecule has 92 valence electrons. The molecule has 0 fully saturated rings. The fourth-order valence-electron chi connectivity index (χ4n) is 1.01. The van der Waals surface area contributed by atoms with Gasteiger partial charge in [0, 0.05) is 19.7 Å². The maximum atomic E-state index is 11.4. The molecule has 0 saturated carbocycles. The minimum Gasteiger partial charge on any atom is -0.481 e. The van der Waals surface area contributed by atoms with E-state index in [1.807, 2.05) is 0 Å². The molecule has 8 heteroatoms. The van der Waals surface area contributed by atoms with Crippen molar-refractivity contribution >= 4 is 17.8 Å². The van der Waals surface area contributed by atoms with Crippen molar-refractivity contribution in [2.75, 3.05) is 0 Å². The van der Waals surface area contributed by atoms with Crippen molar-refractivity contribution < 1.29 is 19.5 Å². The molecule has 0 atom stereocenters. The van der Waals surface area contributed by atoms with Gasteiger partial charge in [-0.05, 0) is 6.07 Å². The number of aliphatic carboxylic acids is 1. The SMILES string of the molecule is Cn1ccc(C(=O)NNC(=O)CCC(=O)O)n1. The van der Waals surface area contributed by atoms with Gasteiger partial charge in [-0.2, -0.15) is 5.10 Å². The quantitative estimate of drug-likeness (QED) is 0.587. The van der Waals surface area contributed by atoms with Crippen LogP contribution in [0, 0.1) is 0 Å². The van der Waals surface area contributed by atoms with Crippen LogP contribution in [-0.4, -0.2) is 32.7 Å². The Hall–Kier alpha value is -2.38. The number of hydrazine groups is 1. The third-order valence-electron chi connectivity index (χ3n) is 1.83. The molecule has 0 aliphatic rings. The average Bonchev–Trinajstić information content (AvgIpc) is 2.70. The number of nitrogens with zero attached hydrogens (tertiary/aromatic N) is 2. The molecule has 17 heavy (non-hydrogen) atoms. The first-order chi connectivity index (χ1) is 7.99. The van der Waals surface area contributed by atoms with Crippen LogP contribution in [0.25, 0.3) is 0 Å². The molecule has 8 nitrogen and oxygen atoms in total. The molecular formula is C9H12N4O4. The molecule has 1 aromatic rings. The first-order valence-corrected chi connectivity index (χ1v) is 4.79. The molecule has 0 aromatic carbocycles. The summed E-state index contributed by atoms with van der Waals surface area (Å²) in [7, 11) is 1.65. The normalized spacial score (nSPS) is 9.71. The Labute approximate surface area is 96.6 Å². The monoisotopic (exact) mass is 240 g/mol. The maximum absolute atomic E-state index is 11.4. The third kappa shape index (κ3) is 4.33. The molecule has 0 saturated heterocycles. The number of aromatic nitrogens is 2. The van der Waals surface area contributed by atoms with Gasteiger partial charge in [-0.1, -0.05) is 0 Å². The van der Waals surface area contributed by atoms with Crippen LogP contribution < -0.4 is 10.9 Å². The van der Waals surface area contributed by atoms with Crippen molar-refractivity contribution in [3.63, 3.8) is 0 Å². The smallest absolute Gasteiger partial charge is 0.303 e. The second-order valence-corrected chi connectivity index (χ2v) is 3.27. The van der Waals surface area contributed by atoms with Gasteiger partial charge in [-0.3, -0.25) is 29.9 Å². The van der Waals surface area contributed by atoms with Gasteiger partial charge >= 0.3 is 5.97 Å². The summed E-state index contributed by atoms with van der Waals surface area (Å²) in [5, 5.41) is 12.2. The molecule has 0 unspecified atom stereocenters. The van der Waals surface area contributed by atoms with E-state index < -0.39 is 17.8 Å². The van der Waals surface area contributed by atoms with Gasteiger partial charge in [-0.25, -0.2) is 0 Å². The van der Waals surface area contributed by atoms with Gasteiger partial charge in [0.25, 0.3) is 5.91 Å². The highest BCUT2D eigenvalue weighted by atomic mass is 16.4. The number of amides is 2. The van der Waals surface area contributed by atoms with E-state index in [4.69, 9.17) is 5.11 Å². The number of carbonyl (C=O) groups excluding carboxylic acids is 2. The van der Waals surface area contributed by atoms with Gasteiger partial charge in [-0.15, -0.1) is 0 Å². The summed E-state index contributed by atoms with van der Waals surface area (Å²) in [6, 6.07) is 1.48. The van der Waals surface area contributed by atoms with Crippen molar-refractivity contribution in [3.05, 3.63) is 18.0 Å². The molecule has 2 amide bonds. The molecule has 0 radical (unpaired) electrons. The molecule has 1 aromatic heterocycles. The van der Waals surface area contributed by atoms with Crippen LogP contribution in [-0.2, 0) is 16.6 Å². The van der Waals surface area contributed by atoms with Gasteiger partial charge in [0.2, 0.25) is 5.91 Å². The number of carboxylic acid groups (broad SMARTS) is 1. The summed E-state index contributed by atoms with van der Waals surface area (Å²) in [6.07, 6.45) is 1.10. The summed E-state index contributed by atoms with van der Waals surface area (Å²) >= 11 is 0. The molecule has 0 aliphatic heterocycles. The highest BCUT2D eigenvalue weighted by Crippen LogP contribution is 1.93. The van der Waals surface area contributed by atoms with Crippen molar-refractivity contribution in [2.45, 2.75) is 12.8 Å². The van der Waals surface area contributed by atoms with Crippen molar-refractivity contribution in [1.29, 1.82) is 0 Å². The minimum atomic E-state index is -1.07. The summed E-state index contributed by atoms with van der Waals surface area (Å²) in [6.45, 7) is 0. The lowest BCUT2D eigenvalue weighted by atomic mass is 10.3. The molecule has 1 heterocycles. The predicted octanol–water partition coefficient (Wildman–Crippen LogP) is -0.954. The zero-order valence-electron chi connectivity index (χ0n) is 9.14. The van der Waals surface area contributed by atoms with Crippen LogP contribution in [0.3, 0.4) is 0 Å². The number of carbonyl (C=O) groups is 3. The van der Waals surface area contributed by atoms with E-state index in [1.165, 1.54) is 10.7 Å². The van der Waals surface area contributed by atoms with Crippen LogP contribution in [0.4, 0.5) is 0 Å². The predicted molar refractivity (Wildman–Crippen MR) is 55.7 cm³/mol. The van der Waals surface area contributed by atoms with E-state index in [1.54, 1.807) is 13.2 Å². The Morgan fingerprint density at radius 1 is 1.35 bits per heavy atom. The van der Waals surface area contributed by atoms with Crippen LogP contribution in [0.15, 0.2) is 12.3 Å². The van der Waals surface area contributed by atoms with E-state index in [0.29, 0.717) is 0 Å². The van der Waals surface area contributed by atoms with E-state index in [9.17, 15) is 14.4 Å². The van der Waals surface area contributed by atoms with E-state index >= 15 is 0 Å². The standard InChI is InChI=1S/C9H12N4O4/c1-13-5-4-6(12-13)9(17)11-10-7(14)2-3-8(15)16/h4-5H,2-3H2,1H3,(H,10,14)(H,11,17)(H,15,16). The molecule has 1 rings (SSSR count). The third-order valence-corrected chi connectivity index (χ3v) is 1.83. The van der Waals surface area contributed by atoms with Crippen LogP contribution in [0.5, 0.6) is 0 Å². The van der Waals surface area contributed by atoms with Crippen molar-refractivity contribution in [3.8, 4) is 0 Å². The molecule has 0 bridgehead atoms. The zero-order chi connectivity index (χ0) is 12.8. The summed E-state index contributed by atoms with van der Waals surface area (Å²) < 4.78 is 1.45. The first-order valence-electron chi connectivity index (χ1n) is 4.79. The fourth-order valence-corrected chi connectivity index (χ4v) is 1.01. The number of rotatable bonds is 4. The number of nitrogens with one attached hydrogen (secondary N) is 2. The Balaban J connectivity index is 2.33. The number of aryl methyl sites for hydroxylation is 1. The Bertz CT molecular complexity index is 440. The molecule has 0 aliphatic carbocycles. The van der Waals surface area contributed by atoms with Crippen LogP contribution in [0.1, 0.15) is 23.3 Å². The fraction of sp³-hybridized carbons (Fsp3) is 0.333. The Morgan fingerprint density at radius 3 is 2.59 bits per heavy atom. The molecular weight excluding hydrogens is 228 g/mol. The lowest BCUT2D eigenvalue weighted by Gasteiger charge is -2.04. The summed E-state index contributed by atoms with van der Waals surface area (Å²) in [4.78, 5) is 32.6.